The van der Waals surface area contributed by atoms with Crippen molar-refractivity contribution in [2.24, 2.45) is 0 Å². The molecule has 2 aromatic heterocycles. The lowest BCUT2D eigenvalue weighted by Gasteiger charge is -1.84. The zero-order valence-corrected chi connectivity index (χ0v) is 7.87. The Labute approximate surface area is 79.6 Å². The van der Waals surface area contributed by atoms with Gasteiger partial charge in [0.25, 0.3) is 0 Å². The van der Waals surface area contributed by atoms with Crippen molar-refractivity contribution in [3.05, 3.63) is 23.9 Å². The Bertz CT molecular complexity index is 519. The van der Waals surface area contributed by atoms with Gasteiger partial charge in [-0.1, -0.05) is 0 Å². The number of hydrogen-bond acceptors (Lipinski definition) is 4. The Morgan fingerprint density at radius 2 is 1.29 bits per heavy atom. The average Bonchev–Trinajstić information content (AvgIpc) is 2.59. The monoisotopic (exact) mass is 188 g/mol. The molecule has 0 fully saturated rings. The molecule has 3 rings (SSSR count). The molecule has 0 bridgehead atoms. The smallest absolute Gasteiger partial charge is 0.192 e. The molecular formula is C10H8N2O2. The number of aromatic nitrogens is 2. The minimum atomic E-state index is 0.657. The molecule has 4 heteroatoms. The van der Waals surface area contributed by atoms with Crippen molar-refractivity contribution >= 4 is 22.2 Å². The molecule has 0 spiro atoms. The van der Waals surface area contributed by atoms with Gasteiger partial charge in [-0.25, -0.2) is 9.97 Å². The van der Waals surface area contributed by atoms with Gasteiger partial charge in [0.2, 0.25) is 0 Å². The van der Waals surface area contributed by atoms with Crippen molar-refractivity contribution in [2.75, 3.05) is 0 Å². The van der Waals surface area contributed by atoms with E-state index in [0.717, 1.165) is 22.2 Å². The summed E-state index contributed by atoms with van der Waals surface area (Å²) in [5, 5.41) is 0. The van der Waals surface area contributed by atoms with E-state index in [2.05, 4.69) is 9.97 Å². The summed E-state index contributed by atoms with van der Waals surface area (Å²) in [6.45, 7) is 3.64. The van der Waals surface area contributed by atoms with Crippen LogP contribution >= 0.6 is 0 Å². The van der Waals surface area contributed by atoms with Gasteiger partial charge in [0.05, 0.1) is 0 Å². The maximum absolute atomic E-state index is 5.39. The number of fused-ring (bicyclic) bond motifs is 2. The molecule has 0 N–H and O–H groups in total. The Hall–Kier alpha value is -1.84. The van der Waals surface area contributed by atoms with Crippen LogP contribution in [-0.4, -0.2) is 9.97 Å². The van der Waals surface area contributed by atoms with Gasteiger partial charge in [0, 0.05) is 26.0 Å². The Balaban J connectivity index is 2.49. The van der Waals surface area contributed by atoms with Gasteiger partial charge in [0.1, 0.15) is 11.0 Å². The van der Waals surface area contributed by atoms with Crippen LogP contribution in [0.25, 0.3) is 22.2 Å². The summed E-state index contributed by atoms with van der Waals surface area (Å²) in [4.78, 5) is 8.44. The van der Waals surface area contributed by atoms with Crippen LogP contribution in [0.5, 0.6) is 0 Å². The molecule has 0 aliphatic rings. The van der Waals surface area contributed by atoms with Crippen LogP contribution in [0.2, 0.25) is 0 Å². The molecule has 2 heterocycles. The largest absolute Gasteiger partial charge is 0.441 e. The van der Waals surface area contributed by atoms with Crippen molar-refractivity contribution < 1.29 is 8.83 Å². The van der Waals surface area contributed by atoms with Crippen LogP contribution in [0.1, 0.15) is 11.8 Å². The van der Waals surface area contributed by atoms with Crippen molar-refractivity contribution in [3.8, 4) is 0 Å². The highest BCUT2D eigenvalue weighted by Crippen LogP contribution is 2.23. The molecule has 0 unspecified atom stereocenters. The lowest BCUT2D eigenvalue weighted by Crippen LogP contribution is -1.70. The second kappa shape index (κ2) is 2.35. The molecule has 1 aromatic carbocycles. The van der Waals surface area contributed by atoms with Crippen LogP contribution in [0.4, 0.5) is 0 Å². The first-order chi connectivity index (χ1) is 6.72. The molecule has 0 aliphatic heterocycles. The quantitative estimate of drug-likeness (QED) is 0.544. The van der Waals surface area contributed by atoms with E-state index < -0.39 is 0 Å². The summed E-state index contributed by atoms with van der Waals surface area (Å²) in [6, 6.07) is 3.70. The minimum absolute atomic E-state index is 0.657. The van der Waals surface area contributed by atoms with Gasteiger partial charge in [0.15, 0.2) is 22.9 Å². The van der Waals surface area contributed by atoms with E-state index >= 15 is 0 Å². The zero-order chi connectivity index (χ0) is 9.71. The highest BCUT2D eigenvalue weighted by Gasteiger charge is 2.08. The molecule has 0 aliphatic carbocycles. The third-order valence-electron chi connectivity index (χ3n) is 2.11. The average molecular weight is 188 g/mol. The predicted octanol–water partition coefficient (Wildman–Crippen LogP) is 2.59. The number of rotatable bonds is 0. The first kappa shape index (κ1) is 7.55. The Kier molecular flexibility index (Phi) is 1.27. The maximum atomic E-state index is 5.39. The molecule has 0 radical (unpaired) electrons. The predicted molar refractivity (Wildman–Crippen MR) is 51.1 cm³/mol. The van der Waals surface area contributed by atoms with E-state index in [1.54, 1.807) is 0 Å². The standard InChI is InChI=1S/C10H8N2O2/c1-5-11-7-3-10-8(4-9(7)13-5)12-6(2)14-10/h3-4H,1-2H3. The van der Waals surface area contributed by atoms with Gasteiger partial charge >= 0.3 is 0 Å². The summed E-state index contributed by atoms with van der Waals surface area (Å²) < 4.78 is 10.8. The second-order valence-corrected chi connectivity index (χ2v) is 3.25. The number of nitrogens with zero attached hydrogens (tertiary/aromatic N) is 2. The Morgan fingerprint density at radius 3 is 1.71 bits per heavy atom. The molecule has 4 nitrogen and oxygen atoms in total. The number of aryl methyl sites for hydroxylation is 2. The van der Waals surface area contributed by atoms with Crippen LogP contribution in [0.3, 0.4) is 0 Å². The van der Waals surface area contributed by atoms with Crippen LogP contribution in [-0.2, 0) is 0 Å². The second-order valence-electron chi connectivity index (χ2n) is 3.25. The summed E-state index contributed by atoms with van der Waals surface area (Å²) in [6.07, 6.45) is 0. The molecule has 3 aromatic rings. The Morgan fingerprint density at radius 1 is 0.857 bits per heavy atom. The van der Waals surface area contributed by atoms with Crippen molar-refractivity contribution in [3.63, 3.8) is 0 Å². The molecule has 0 saturated carbocycles. The zero-order valence-electron chi connectivity index (χ0n) is 7.87. The highest BCUT2D eigenvalue weighted by atomic mass is 16.4. The fourth-order valence-corrected chi connectivity index (χ4v) is 1.58. The van der Waals surface area contributed by atoms with Crippen molar-refractivity contribution in [2.45, 2.75) is 13.8 Å². The van der Waals surface area contributed by atoms with Gasteiger partial charge in [-0.3, -0.25) is 0 Å². The van der Waals surface area contributed by atoms with Crippen molar-refractivity contribution in [1.82, 2.24) is 9.97 Å². The van der Waals surface area contributed by atoms with Crippen LogP contribution < -0.4 is 0 Å². The number of hydrogen-bond donors (Lipinski definition) is 0. The van der Waals surface area contributed by atoms with Crippen molar-refractivity contribution in [1.29, 1.82) is 0 Å². The first-order valence-corrected chi connectivity index (χ1v) is 4.37. The molecule has 0 atom stereocenters. The fraction of sp³-hybridized carbons (Fsp3) is 0.200. The topological polar surface area (TPSA) is 52.1 Å². The van der Waals surface area contributed by atoms with E-state index in [-0.39, 0.29) is 0 Å². The molecule has 14 heavy (non-hydrogen) atoms. The normalized spacial score (nSPS) is 11.6. The summed E-state index contributed by atoms with van der Waals surface area (Å²) in [7, 11) is 0. The first-order valence-electron chi connectivity index (χ1n) is 4.37. The summed E-state index contributed by atoms with van der Waals surface area (Å²) in [5.41, 5.74) is 3.13. The van der Waals surface area contributed by atoms with Gasteiger partial charge in [-0.05, 0) is 0 Å². The lowest BCUT2D eigenvalue weighted by molar-refractivity contribution is 0.560. The van der Waals surface area contributed by atoms with Crippen LogP contribution in [0, 0.1) is 13.8 Å². The third kappa shape index (κ3) is 0.937. The SMILES string of the molecule is Cc1nc2cc3oc(C)nc3cc2o1. The van der Waals surface area contributed by atoms with Gasteiger partial charge < -0.3 is 8.83 Å². The molecule has 0 amide bonds. The highest BCUT2D eigenvalue weighted by molar-refractivity contribution is 5.88. The molecular weight excluding hydrogens is 180 g/mol. The van der Waals surface area contributed by atoms with E-state index in [9.17, 15) is 0 Å². The third-order valence-corrected chi connectivity index (χ3v) is 2.11. The van der Waals surface area contributed by atoms with Gasteiger partial charge in [-0.15, -0.1) is 0 Å². The van der Waals surface area contributed by atoms with E-state index in [4.69, 9.17) is 8.83 Å². The summed E-state index contributed by atoms with van der Waals surface area (Å²) in [5.74, 6) is 1.31. The van der Waals surface area contributed by atoms with Crippen LogP contribution in [0.15, 0.2) is 21.0 Å². The lowest BCUT2D eigenvalue weighted by atomic mass is 10.3. The molecule has 70 valence electrons. The number of oxazole rings is 2. The minimum Gasteiger partial charge on any atom is -0.441 e. The summed E-state index contributed by atoms with van der Waals surface area (Å²) >= 11 is 0. The fourth-order valence-electron chi connectivity index (χ4n) is 1.58. The van der Waals surface area contributed by atoms with E-state index in [1.807, 2.05) is 26.0 Å². The van der Waals surface area contributed by atoms with E-state index in [1.165, 1.54) is 0 Å². The van der Waals surface area contributed by atoms with Gasteiger partial charge in [-0.2, -0.15) is 0 Å². The molecule has 0 saturated heterocycles. The van der Waals surface area contributed by atoms with E-state index in [0.29, 0.717) is 11.8 Å². The maximum Gasteiger partial charge on any atom is 0.192 e. The number of benzene rings is 1.